The fourth-order valence-electron chi connectivity index (χ4n) is 10.5. The van der Waals surface area contributed by atoms with Gasteiger partial charge in [-0.25, -0.2) is 9.69 Å². The van der Waals surface area contributed by atoms with Crippen LogP contribution in [-0.4, -0.2) is 84.4 Å². The number of nitrogens with one attached hydrogen (secondary N) is 1. The van der Waals surface area contributed by atoms with Crippen molar-refractivity contribution in [1.29, 1.82) is 0 Å². The normalized spacial score (nSPS) is 22.9. The average Bonchev–Trinajstić information content (AvgIpc) is 3.85. The first-order valence-electron chi connectivity index (χ1n) is 22.7. The maximum Gasteiger partial charge on any atom is 0.421 e. The Morgan fingerprint density at radius 1 is 0.783 bits per heavy atom. The molecule has 16 heteroatoms. The average molecular weight is 930 g/mol. The zero-order chi connectivity index (χ0) is 47.6. The second-order valence-corrected chi connectivity index (χ2v) is 17.2. The van der Waals surface area contributed by atoms with Gasteiger partial charge in [0.2, 0.25) is 11.8 Å². The van der Waals surface area contributed by atoms with Crippen LogP contribution in [0.1, 0.15) is 46.0 Å². The highest BCUT2D eigenvalue weighted by atomic mass is 16.6. The molecule has 16 nitrogen and oxygen atoms in total. The summed E-state index contributed by atoms with van der Waals surface area (Å²) in [7, 11) is 0. The van der Waals surface area contributed by atoms with Crippen molar-refractivity contribution in [3.05, 3.63) is 196 Å². The summed E-state index contributed by atoms with van der Waals surface area (Å²) in [6.07, 6.45) is -2.00. The predicted molar refractivity (Wildman–Crippen MR) is 252 cm³/mol. The number of ether oxygens (including phenoxy) is 4. The molecule has 2 N–H and O–H groups in total. The first kappa shape index (κ1) is 44.9. The van der Waals surface area contributed by atoms with E-state index in [4.69, 9.17) is 18.9 Å². The number of fused-ring (bicyclic) bond motifs is 3. The molecule has 0 aromatic heterocycles. The van der Waals surface area contributed by atoms with Gasteiger partial charge in [-0.1, -0.05) is 91.0 Å². The van der Waals surface area contributed by atoms with Gasteiger partial charge in [0.1, 0.15) is 36.5 Å². The van der Waals surface area contributed by atoms with Crippen LogP contribution in [-0.2, 0) is 40.6 Å². The lowest BCUT2D eigenvalue weighted by atomic mass is 9.65. The van der Waals surface area contributed by atoms with Gasteiger partial charge in [0.15, 0.2) is 0 Å². The van der Waals surface area contributed by atoms with Crippen molar-refractivity contribution < 1.29 is 48.2 Å². The standard InChI is InChI=1S/C53H47N5O11/c59-28-31-67-41-15-9-14-37(32-41)48-53(42-16-7-8-17-43(42)56(51(53)62)52(63)68-33-34-18-22-40(23-19-34)58(64)65)44(49(60)54-38-20-24-39(25-21-38)55-26-29-66-30-27-55)46-50(61)69-47(36-12-5-2-6-13-36)45(57(46)48)35-10-3-1-4-11-35/h1-25,32,44-48,59H,26-31,33H2,(H,54,60). The number of nitrogens with zero attached hydrogens (tertiary/aromatic N) is 4. The van der Waals surface area contributed by atoms with Crippen LogP contribution in [0.3, 0.4) is 0 Å². The van der Waals surface area contributed by atoms with Gasteiger partial charge >= 0.3 is 12.1 Å². The Labute approximate surface area is 396 Å². The maximum absolute atomic E-state index is 16.3. The number of morpholine rings is 2. The molecule has 0 saturated carbocycles. The third-order valence-electron chi connectivity index (χ3n) is 13.4. The Bertz CT molecular complexity index is 2880. The minimum absolute atomic E-state index is 0.0356. The van der Waals surface area contributed by atoms with Crippen LogP contribution in [0.25, 0.3) is 0 Å². The van der Waals surface area contributed by atoms with Gasteiger partial charge in [0, 0.05) is 36.6 Å². The van der Waals surface area contributed by atoms with E-state index in [2.05, 4.69) is 10.2 Å². The van der Waals surface area contributed by atoms with E-state index in [1.807, 2.05) is 77.7 Å². The van der Waals surface area contributed by atoms with Crippen molar-refractivity contribution in [3.63, 3.8) is 0 Å². The zero-order valence-electron chi connectivity index (χ0n) is 37.2. The summed E-state index contributed by atoms with van der Waals surface area (Å²) in [5.74, 6) is -3.45. The monoisotopic (exact) mass is 929 g/mol. The predicted octanol–water partition coefficient (Wildman–Crippen LogP) is 7.44. The number of rotatable bonds is 12. The summed E-state index contributed by atoms with van der Waals surface area (Å²) in [6, 6.07) is 41.8. The molecule has 3 saturated heterocycles. The summed E-state index contributed by atoms with van der Waals surface area (Å²) < 4.78 is 23.9. The van der Waals surface area contributed by atoms with Crippen LogP contribution in [0.4, 0.5) is 27.5 Å². The lowest BCUT2D eigenvalue weighted by Crippen LogP contribution is -2.54. The van der Waals surface area contributed by atoms with Crippen LogP contribution in [0, 0.1) is 16.0 Å². The third kappa shape index (κ3) is 8.11. The fourth-order valence-corrected chi connectivity index (χ4v) is 10.5. The van der Waals surface area contributed by atoms with Crippen molar-refractivity contribution in [1.82, 2.24) is 4.90 Å². The molecule has 0 bridgehead atoms. The number of carbonyl (C=O) groups excluding carboxylic acids is 4. The summed E-state index contributed by atoms with van der Waals surface area (Å²) >= 11 is 0. The molecule has 0 aliphatic carbocycles. The van der Waals surface area contributed by atoms with Crippen LogP contribution >= 0.6 is 0 Å². The second kappa shape index (κ2) is 19.0. The molecule has 6 aromatic rings. The van der Waals surface area contributed by atoms with E-state index < -0.39 is 64.4 Å². The number of nitro groups is 1. The van der Waals surface area contributed by atoms with E-state index in [1.165, 1.54) is 24.3 Å². The Hall–Kier alpha value is -7.92. The topological polar surface area (TPSA) is 190 Å². The van der Waals surface area contributed by atoms with E-state index >= 15 is 14.4 Å². The smallest absolute Gasteiger partial charge is 0.421 e. The number of para-hydroxylation sites is 1. The van der Waals surface area contributed by atoms with Gasteiger partial charge in [0.05, 0.1) is 48.4 Å². The number of anilines is 3. The van der Waals surface area contributed by atoms with Gasteiger partial charge in [-0.3, -0.25) is 29.4 Å². The SMILES string of the molecule is O=C1OC(c2ccccc2)C(c2ccccc2)N2C1C(C(=O)Nc1ccc(N3CCOCC3)cc1)C1(C(=O)N(C(=O)OCc3ccc([N+](=O)[O-])cc3)c3ccccc31)C2c1cccc(OCCO)c1. The number of cyclic esters (lactones) is 1. The number of imide groups is 1. The molecule has 350 valence electrons. The van der Waals surface area contributed by atoms with Crippen LogP contribution in [0.5, 0.6) is 5.75 Å². The number of hydrogen-bond acceptors (Lipinski definition) is 13. The van der Waals surface area contributed by atoms with E-state index in [9.17, 15) is 20.0 Å². The minimum atomic E-state index is -2.04. The lowest BCUT2D eigenvalue weighted by molar-refractivity contribution is -0.384. The molecular weight excluding hydrogens is 883 g/mol. The minimum Gasteiger partial charge on any atom is -0.491 e. The summed E-state index contributed by atoms with van der Waals surface area (Å²) in [6.45, 7) is 1.91. The van der Waals surface area contributed by atoms with E-state index in [0.29, 0.717) is 60.0 Å². The summed E-state index contributed by atoms with van der Waals surface area (Å²) in [5, 5.41) is 24.2. The highest BCUT2D eigenvalue weighted by molar-refractivity contribution is 6.24. The number of non-ortho nitro benzene ring substituents is 1. The molecule has 6 unspecified atom stereocenters. The molecule has 69 heavy (non-hydrogen) atoms. The molecular formula is C53H47N5O11. The number of aliphatic hydroxyl groups excluding tert-OH is 1. The highest BCUT2D eigenvalue weighted by Gasteiger charge is 2.75. The molecule has 10 rings (SSSR count). The molecule has 4 aliphatic heterocycles. The molecule has 4 aliphatic rings. The van der Waals surface area contributed by atoms with Crippen LogP contribution in [0.15, 0.2) is 158 Å². The van der Waals surface area contributed by atoms with Gasteiger partial charge < -0.3 is 34.3 Å². The Kier molecular flexibility index (Phi) is 12.4. The number of nitro benzene ring substituents is 1. The largest absolute Gasteiger partial charge is 0.491 e. The number of benzene rings is 6. The molecule has 0 radical (unpaired) electrons. The van der Waals surface area contributed by atoms with Crippen molar-refractivity contribution in [2.75, 3.05) is 54.6 Å². The molecule has 6 aromatic carbocycles. The van der Waals surface area contributed by atoms with E-state index in [0.717, 1.165) is 16.2 Å². The summed E-state index contributed by atoms with van der Waals surface area (Å²) in [4.78, 5) is 78.0. The van der Waals surface area contributed by atoms with Crippen LogP contribution < -0.4 is 19.9 Å². The fraction of sp³-hybridized carbons (Fsp3) is 0.245. The molecule has 3 amide bonds. The molecule has 6 atom stereocenters. The second-order valence-electron chi connectivity index (χ2n) is 17.2. The zero-order valence-corrected chi connectivity index (χ0v) is 37.2. The Morgan fingerprint density at radius 3 is 2.14 bits per heavy atom. The maximum atomic E-state index is 16.3. The van der Waals surface area contributed by atoms with E-state index in [-0.39, 0.29) is 31.2 Å². The number of aliphatic hydroxyl groups is 1. The number of esters is 1. The molecule has 1 spiro atoms. The molecule has 3 fully saturated rings. The van der Waals surface area contributed by atoms with Gasteiger partial charge in [-0.15, -0.1) is 0 Å². The van der Waals surface area contributed by atoms with Crippen molar-refractivity contribution in [3.8, 4) is 5.75 Å². The van der Waals surface area contributed by atoms with Crippen molar-refractivity contribution >= 4 is 46.6 Å². The van der Waals surface area contributed by atoms with Crippen LogP contribution in [0.2, 0.25) is 0 Å². The number of carbonyl (C=O) groups is 4. The van der Waals surface area contributed by atoms with Gasteiger partial charge in [-0.2, -0.15) is 0 Å². The number of hydrogen-bond donors (Lipinski definition) is 2. The summed E-state index contributed by atoms with van der Waals surface area (Å²) in [5.41, 5.74) is 1.90. The first-order chi connectivity index (χ1) is 33.7. The first-order valence-corrected chi connectivity index (χ1v) is 22.7. The Morgan fingerprint density at radius 2 is 1.45 bits per heavy atom. The van der Waals surface area contributed by atoms with Crippen molar-refractivity contribution in [2.24, 2.45) is 5.92 Å². The van der Waals surface area contributed by atoms with Gasteiger partial charge in [-0.05, 0) is 82.4 Å². The van der Waals surface area contributed by atoms with E-state index in [1.54, 1.807) is 60.7 Å². The highest BCUT2D eigenvalue weighted by Crippen LogP contribution is 2.66. The number of amides is 3. The third-order valence-corrected chi connectivity index (χ3v) is 13.4. The van der Waals surface area contributed by atoms with Gasteiger partial charge in [0.25, 0.3) is 5.69 Å². The Balaban J connectivity index is 1.17. The quantitative estimate of drug-likeness (QED) is 0.0700. The van der Waals surface area contributed by atoms with Crippen molar-refractivity contribution in [2.45, 2.75) is 36.3 Å². The lowest BCUT2D eigenvalue weighted by Gasteiger charge is -2.46. The molecule has 4 heterocycles.